The molecule has 0 N–H and O–H groups in total. The second-order valence-corrected chi connectivity index (χ2v) is 7.73. The lowest BCUT2D eigenvalue weighted by molar-refractivity contribution is 0.103. The van der Waals surface area contributed by atoms with Crippen molar-refractivity contribution in [2.24, 2.45) is 22.7 Å². The van der Waals surface area contributed by atoms with Crippen molar-refractivity contribution in [2.75, 3.05) is 14.2 Å². The summed E-state index contributed by atoms with van der Waals surface area (Å²) in [7, 11) is 3.45. The Balaban J connectivity index is 1.85. The zero-order valence-electron chi connectivity index (χ0n) is 14.0. The van der Waals surface area contributed by atoms with E-state index in [9.17, 15) is 0 Å². The zero-order chi connectivity index (χ0) is 15.3. The fourth-order valence-electron chi connectivity index (χ4n) is 4.95. The number of fused-ring (bicyclic) bond motifs is 2. The fraction of sp³-hybridized carbons (Fsp3) is 0.684. The van der Waals surface area contributed by atoms with Crippen LogP contribution in [0.15, 0.2) is 18.2 Å². The van der Waals surface area contributed by atoms with Gasteiger partial charge < -0.3 is 9.47 Å². The largest absolute Gasteiger partial charge is 0.497 e. The Morgan fingerprint density at radius 3 is 2.10 bits per heavy atom. The lowest BCUT2D eigenvalue weighted by Gasteiger charge is -2.39. The minimum atomic E-state index is 0.480. The molecule has 2 aliphatic carbocycles. The Morgan fingerprint density at radius 2 is 1.67 bits per heavy atom. The maximum Gasteiger partial charge on any atom is 0.122 e. The van der Waals surface area contributed by atoms with Crippen LogP contribution in [0.3, 0.4) is 0 Å². The highest BCUT2D eigenvalue weighted by molar-refractivity contribution is 5.39. The minimum Gasteiger partial charge on any atom is -0.497 e. The van der Waals surface area contributed by atoms with Gasteiger partial charge in [-0.1, -0.05) is 20.8 Å². The van der Waals surface area contributed by atoms with Crippen LogP contribution in [0.25, 0.3) is 0 Å². The minimum absolute atomic E-state index is 0.480. The SMILES string of the molecule is COc1cc(C[C@@H]2C[C@H]3CC[C@]2(C)C3(C)C)cc(OC)c1. The summed E-state index contributed by atoms with van der Waals surface area (Å²) in [5.41, 5.74) is 2.31. The molecule has 0 saturated heterocycles. The molecule has 0 aromatic heterocycles. The number of methoxy groups -OCH3 is 2. The molecule has 3 rings (SSSR count). The molecule has 0 spiro atoms. The van der Waals surface area contributed by atoms with Crippen molar-refractivity contribution < 1.29 is 9.47 Å². The van der Waals surface area contributed by atoms with E-state index in [1.807, 2.05) is 6.07 Å². The van der Waals surface area contributed by atoms with Gasteiger partial charge in [0.25, 0.3) is 0 Å². The molecule has 116 valence electrons. The lowest BCUT2D eigenvalue weighted by Crippen LogP contribution is -2.33. The van der Waals surface area contributed by atoms with Gasteiger partial charge in [-0.3, -0.25) is 0 Å². The van der Waals surface area contributed by atoms with Crippen LogP contribution >= 0.6 is 0 Å². The van der Waals surface area contributed by atoms with E-state index in [-0.39, 0.29) is 0 Å². The van der Waals surface area contributed by atoms with Crippen LogP contribution in [0.1, 0.15) is 45.6 Å². The van der Waals surface area contributed by atoms with E-state index < -0.39 is 0 Å². The molecule has 0 heterocycles. The molecule has 2 fully saturated rings. The predicted octanol–water partition coefficient (Wildman–Crippen LogP) is 4.71. The van der Waals surface area contributed by atoms with Gasteiger partial charge in [-0.05, 0) is 66.0 Å². The van der Waals surface area contributed by atoms with Gasteiger partial charge >= 0.3 is 0 Å². The Bertz CT molecular complexity index is 512. The summed E-state index contributed by atoms with van der Waals surface area (Å²) < 4.78 is 10.8. The monoisotopic (exact) mass is 288 g/mol. The van der Waals surface area contributed by atoms with E-state index in [2.05, 4.69) is 32.9 Å². The van der Waals surface area contributed by atoms with Gasteiger partial charge in [-0.2, -0.15) is 0 Å². The van der Waals surface area contributed by atoms with Gasteiger partial charge in [0.15, 0.2) is 0 Å². The Hall–Kier alpha value is -1.18. The molecule has 2 nitrogen and oxygen atoms in total. The number of benzene rings is 1. The molecule has 0 radical (unpaired) electrons. The molecule has 2 bridgehead atoms. The third-order valence-electron chi connectivity index (χ3n) is 6.87. The number of ether oxygens (including phenoxy) is 2. The molecule has 2 heteroatoms. The third kappa shape index (κ3) is 2.15. The highest BCUT2D eigenvalue weighted by Crippen LogP contribution is 2.68. The van der Waals surface area contributed by atoms with Crippen molar-refractivity contribution in [2.45, 2.75) is 46.5 Å². The Kier molecular flexibility index (Phi) is 3.46. The van der Waals surface area contributed by atoms with E-state index in [1.165, 1.54) is 24.8 Å². The lowest BCUT2D eigenvalue weighted by atomic mass is 9.65. The van der Waals surface area contributed by atoms with Gasteiger partial charge in [-0.15, -0.1) is 0 Å². The van der Waals surface area contributed by atoms with Gasteiger partial charge in [-0.25, -0.2) is 0 Å². The normalized spacial score (nSPS) is 33.2. The van der Waals surface area contributed by atoms with Crippen LogP contribution in [0.5, 0.6) is 11.5 Å². The first-order valence-electron chi connectivity index (χ1n) is 8.12. The van der Waals surface area contributed by atoms with E-state index in [1.54, 1.807) is 14.2 Å². The second kappa shape index (κ2) is 4.93. The molecular weight excluding hydrogens is 260 g/mol. The summed E-state index contributed by atoms with van der Waals surface area (Å²) in [6.45, 7) is 7.48. The molecule has 0 aliphatic heterocycles. The molecule has 1 aromatic carbocycles. The molecule has 3 atom stereocenters. The molecule has 0 amide bonds. The van der Waals surface area contributed by atoms with Crippen LogP contribution in [0, 0.1) is 22.7 Å². The van der Waals surface area contributed by atoms with Gasteiger partial charge in [0, 0.05) is 6.07 Å². The van der Waals surface area contributed by atoms with Gasteiger partial charge in [0.05, 0.1) is 14.2 Å². The summed E-state index contributed by atoms with van der Waals surface area (Å²) in [5.74, 6) is 3.48. The van der Waals surface area contributed by atoms with Crippen molar-refractivity contribution in [3.63, 3.8) is 0 Å². The first kappa shape index (κ1) is 14.7. The zero-order valence-corrected chi connectivity index (χ0v) is 14.0. The summed E-state index contributed by atoms with van der Waals surface area (Å²) in [6.07, 6.45) is 5.32. The second-order valence-electron chi connectivity index (χ2n) is 7.73. The highest BCUT2D eigenvalue weighted by atomic mass is 16.5. The van der Waals surface area contributed by atoms with Crippen LogP contribution in [0.2, 0.25) is 0 Å². The fourth-order valence-corrected chi connectivity index (χ4v) is 4.95. The Labute approximate surface area is 128 Å². The smallest absolute Gasteiger partial charge is 0.122 e. The van der Waals surface area contributed by atoms with E-state index in [4.69, 9.17) is 9.47 Å². The molecule has 21 heavy (non-hydrogen) atoms. The molecule has 2 aliphatic rings. The first-order chi connectivity index (χ1) is 9.90. The number of hydrogen-bond donors (Lipinski definition) is 0. The van der Waals surface area contributed by atoms with Gasteiger partial charge in [0.1, 0.15) is 11.5 Å². The molecule has 1 aromatic rings. The summed E-state index contributed by atoms with van der Waals surface area (Å²) in [5, 5.41) is 0. The van der Waals surface area contributed by atoms with Crippen molar-refractivity contribution in [1.82, 2.24) is 0 Å². The molecule has 2 saturated carbocycles. The number of rotatable bonds is 4. The molecule has 0 unspecified atom stereocenters. The summed E-state index contributed by atoms with van der Waals surface area (Å²) in [6, 6.07) is 6.30. The average molecular weight is 288 g/mol. The highest BCUT2D eigenvalue weighted by Gasteiger charge is 2.60. The van der Waals surface area contributed by atoms with Crippen molar-refractivity contribution in [3.05, 3.63) is 23.8 Å². The van der Waals surface area contributed by atoms with Crippen molar-refractivity contribution in [3.8, 4) is 11.5 Å². The van der Waals surface area contributed by atoms with Crippen LogP contribution < -0.4 is 9.47 Å². The van der Waals surface area contributed by atoms with Gasteiger partial charge in [0.2, 0.25) is 0 Å². The third-order valence-corrected chi connectivity index (χ3v) is 6.87. The molecular formula is C19H28O2. The standard InChI is InChI=1S/C19H28O2/c1-18(2)14-6-7-19(18,3)15(11-14)8-13-9-16(20-4)12-17(10-13)21-5/h9-10,12,14-15H,6-8,11H2,1-5H3/t14-,15-,19+/m1/s1. The first-order valence-corrected chi connectivity index (χ1v) is 8.12. The Morgan fingerprint density at radius 1 is 1.05 bits per heavy atom. The van der Waals surface area contributed by atoms with Crippen LogP contribution in [0.4, 0.5) is 0 Å². The van der Waals surface area contributed by atoms with E-state index in [0.717, 1.165) is 29.8 Å². The van der Waals surface area contributed by atoms with E-state index >= 15 is 0 Å². The average Bonchev–Trinajstić information content (AvgIpc) is 2.80. The maximum atomic E-state index is 5.41. The summed E-state index contributed by atoms with van der Waals surface area (Å²) in [4.78, 5) is 0. The summed E-state index contributed by atoms with van der Waals surface area (Å²) >= 11 is 0. The topological polar surface area (TPSA) is 18.5 Å². The van der Waals surface area contributed by atoms with Crippen molar-refractivity contribution in [1.29, 1.82) is 0 Å². The quantitative estimate of drug-likeness (QED) is 0.799. The van der Waals surface area contributed by atoms with E-state index in [0.29, 0.717) is 10.8 Å². The van der Waals surface area contributed by atoms with Crippen LogP contribution in [-0.2, 0) is 6.42 Å². The number of hydrogen-bond acceptors (Lipinski definition) is 2. The predicted molar refractivity (Wildman–Crippen MR) is 86.0 cm³/mol. The van der Waals surface area contributed by atoms with Crippen molar-refractivity contribution >= 4 is 0 Å². The maximum absolute atomic E-state index is 5.41. The van der Waals surface area contributed by atoms with Crippen LogP contribution in [-0.4, -0.2) is 14.2 Å².